The molecule has 2 N–H and O–H groups in total. The molecule has 8 heteroatoms. The Bertz CT molecular complexity index is 894. The lowest BCUT2D eigenvalue weighted by molar-refractivity contribution is -0.114. The van der Waals surface area contributed by atoms with Crippen molar-refractivity contribution in [3.8, 4) is 11.5 Å². The summed E-state index contributed by atoms with van der Waals surface area (Å²) in [5.41, 5.74) is 0.653. The van der Waals surface area contributed by atoms with E-state index in [-0.39, 0.29) is 22.6 Å². The van der Waals surface area contributed by atoms with Gasteiger partial charge in [0.1, 0.15) is 11.5 Å². The van der Waals surface area contributed by atoms with Gasteiger partial charge in [-0.2, -0.15) is 0 Å². The van der Waals surface area contributed by atoms with Crippen LogP contribution in [0.15, 0.2) is 47.4 Å². The van der Waals surface area contributed by atoms with E-state index in [0.717, 1.165) is 0 Å². The summed E-state index contributed by atoms with van der Waals surface area (Å²) in [7, 11) is -2.42. The van der Waals surface area contributed by atoms with Crippen LogP contribution < -0.4 is 19.5 Å². The zero-order valence-electron chi connectivity index (χ0n) is 15.1. The summed E-state index contributed by atoms with van der Waals surface area (Å²) in [6.07, 6.45) is -0.0244. The highest BCUT2D eigenvalue weighted by Gasteiger charge is 2.17. The Hall–Kier alpha value is -2.74. The lowest BCUT2D eigenvalue weighted by atomic mass is 10.3. The third kappa shape index (κ3) is 5.13. The van der Waals surface area contributed by atoms with Gasteiger partial charge in [-0.25, -0.2) is 8.42 Å². The number of rotatable bonds is 7. The van der Waals surface area contributed by atoms with E-state index in [9.17, 15) is 13.2 Å². The maximum absolute atomic E-state index is 12.7. The van der Waals surface area contributed by atoms with Gasteiger partial charge >= 0.3 is 0 Å². The van der Waals surface area contributed by atoms with Crippen molar-refractivity contribution in [2.24, 2.45) is 0 Å². The van der Waals surface area contributed by atoms with Crippen LogP contribution in [0.5, 0.6) is 11.5 Å². The van der Waals surface area contributed by atoms with Crippen molar-refractivity contribution in [2.75, 3.05) is 17.1 Å². The molecule has 0 bridgehead atoms. The van der Waals surface area contributed by atoms with Gasteiger partial charge in [0.15, 0.2) is 0 Å². The Kier molecular flexibility index (Phi) is 6.10. The predicted molar refractivity (Wildman–Crippen MR) is 100 cm³/mol. The summed E-state index contributed by atoms with van der Waals surface area (Å²) in [6.45, 7) is 5.11. The summed E-state index contributed by atoms with van der Waals surface area (Å²) in [5, 5.41) is 2.56. The minimum absolute atomic E-state index is 0.00256. The second kappa shape index (κ2) is 8.09. The van der Waals surface area contributed by atoms with Gasteiger partial charge in [-0.1, -0.05) is 6.07 Å². The van der Waals surface area contributed by atoms with Gasteiger partial charge in [-0.3, -0.25) is 9.52 Å². The maximum atomic E-state index is 12.7. The number of methoxy groups -OCH3 is 1. The number of amides is 1. The van der Waals surface area contributed by atoms with Crippen LogP contribution in [-0.2, 0) is 14.8 Å². The van der Waals surface area contributed by atoms with E-state index in [1.165, 1.54) is 32.2 Å². The first-order chi connectivity index (χ1) is 12.2. The van der Waals surface area contributed by atoms with Crippen LogP contribution in [0.1, 0.15) is 20.8 Å². The largest absolute Gasteiger partial charge is 0.495 e. The summed E-state index contributed by atoms with van der Waals surface area (Å²) >= 11 is 0. The quantitative estimate of drug-likeness (QED) is 0.771. The number of sulfonamides is 1. The molecule has 0 atom stereocenters. The molecule has 0 aliphatic rings. The van der Waals surface area contributed by atoms with Gasteiger partial charge in [0.25, 0.3) is 10.0 Å². The highest BCUT2D eigenvalue weighted by Crippen LogP contribution is 2.29. The zero-order valence-corrected chi connectivity index (χ0v) is 15.9. The number of hydrogen-bond acceptors (Lipinski definition) is 5. The molecular weight excluding hydrogens is 356 g/mol. The fourth-order valence-corrected chi connectivity index (χ4v) is 3.34. The molecule has 2 aromatic carbocycles. The van der Waals surface area contributed by atoms with Gasteiger partial charge in [-0.05, 0) is 44.2 Å². The van der Waals surface area contributed by atoms with E-state index in [2.05, 4.69) is 10.0 Å². The molecule has 0 spiro atoms. The van der Waals surface area contributed by atoms with Crippen molar-refractivity contribution in [3.05, 3.63) is 42.5 Å². The molecule has 7 nitrogen and oxygen atoms in total. The van der Waals surface area contributed by atoms with E-state index >= 15 is 0 Å². The van der Waals surface area contributed by atoms with Crippen molar-refractivity contribution < 1.29 is 22.7 Å². The van der Waals surface area contributed by atoms with Crippen LogP contribution in [-0.4, -0.2) is 27.5 Å². The SMILES string of the molecule is COc1ccc(S(=O)(=O)Nc2cccc(OC(C)C)c2)cc1NC(C)=O. The number of benzene rings is 2. The first kappa shape index (κ1) is 19.6. The fourth-order valence-electron chi connectivity index (χ4n) is 2.26. The van der Waals surface area contributed by atoms with Crippen molar-refractivity contribution in [2.45, 2.75) is 31.8 Å². The molecular formula is C18H22N2O5S. The first-order valence-corrected chi connectivity index (χ1v) is 9.45. The maximum Gasteiger partial charge on any atom is 0.261 e. The minimum atomic E-state index is -3.85. The normalized spacial score (nSPS) is 11.1. The lowest BCUT2D eigenvalue weighted by Crippen LogP contribution is -2.14. The number of nitrogens with one attached hydrogen (secondary N) is 2. The number of carbonyl (C=O) groups is 1. The Morgan fingerprint density at radius 3 is 2.46 bits per heavy atom. The summed E-state index contributed by atoms with van der Waals surface area (Å²) in [4.78, 5) is 11.3. The second-order valence-corrected chi connectivity index (χ2v) is 7.53. The lowest BCUT2D eigenvalue weighted by Gasteiger charge is -2.14. The first-order valence-electron chi connectivity index (χ1n) is 7.96. The van der Waals surface area contributed by atoms with E-state index in [1.807, 2.05) is 13.8 Å². The molecule has 0 unspecified atom stereocenters. The smallest absolute Gasteiger partial charge is 0.261 e. The minimum Gasteiger partial charge on any atom is -0.495 e. The van der Waals surface area contributed by atoms with Crippen LogP contribution in [0.2, 0.25) is 0 Å². The van der Waals surface area contributed by atoms with Crippen molar-refractivity contribution in [1.29, 1.82) is 0 Å². The monoisotopic (exact) mass is 378 g/mol. The van der Waals surface area contributed by atoms with Crippen molar-refractivity contribution in [3.63, 3.8) is 0 Å². The average molecular weight is 378 g/mol. The van der Waals surface area contributed by atoms with E-state index in [0.29, 0.717) is 17.2 Å². The molecule has 0 radical (unpaired) electrons. The van der Waals surface area contributed by atoms with Gasteiger partial charge in [-0.15, -0.1) is 0 Å². The third-order valence-corrected chi connectivity index (χ3v) is 4.63. The Morgan fingerprint density at radius 1 is 1.12 bits per heavy atom. The summed E-state index contributed by atoms with van der Waals surface area (Å²) in [6, 6.07) is 10.9. The predicted octanol–water partition coefficient (Wildman–Crippen LogP) is 3.24. The Balaban J connectivity index is 2.31. The van der Waals surface area contributed by atoms with E-state index in [1.54, 1.807) is 24.3 Å². The standard InChI is InChI=1S/C18H22N2O5S/c1-12(2)25-15-7-5-6-14(10-15)20-26(22,23)16-8-9-18(24-4)17(11-16)19-13(3)21/h5-12,20H,1-4H3,(H,19,21). The second-order valence-electron chi connectivity index (χ2n) is 5.84. The molecule has 0 saturated heterocycles. The molecule has 2 aromatic rings. The highest BCUT2D eigenvalue weighted by atomic mass is 32.2. The number of ether oxygens (including phenoxy) is 2. The molecule has 0 aliphatic heterocycles. The summed E-state index contributed by atoms with van der Waals surface area (Å²) in [5.74, 6) is 0.602. The van der Waals surface area contributed by atoms with E-state index < -0.39 is 10.0 Å². The van der Waals surface area contributed by atoms with Gasteiger partial charge in [0, 0.05) is 13.0 Å². The number of hydrogen-bond donors (Lipinski definition) is 2. The number of anilines is 2. The number of carbonyl (C=O) groups excluding carboxylic acids is 1. The van der Waals surface area contributed by atoms with E-state index in [4.69, 9.17) is 9.47 Å². The molecule has 0 aliphatic carbocycles. The van der Waals surface area contributed by atoms with Crippen molar-refractivity contribution >= 4 is 27.3 Å². The Morgan fingerprint density at radius 2 is 1.85 bits per heavy atom. The molecule has 0 heterocycles. The van der Waals surface area contributed by atoms with Gasteiger partial charge < -0.3 is 14.8 Å². The molecule has 1 amide bonds. The topological polar surface area (TPSA) is 93.7 Å². The van der Waals surface area contributed by atoms with Crippen molar-refractivity contribution in [1.82, 2.24) is 0 Å². The van der Waals surface area contributed by atoms with Crippen LogP contribution in [0.3, 0.4) is 0 Å². The molecule has 2 rings (SSSR count). The molecule has 0 saturated carbocycles. The summed E-state index contributed by atoms with van der Waals surface area (Å²) < 4.78 is 38.5. The van der Waals surface area contributed by atoms with Gasteiger partial charge in [0.05, 0.1) is 29.5 Å². The molecule has 0 aromatic heterocycles. The molecule has 26 heavy (non-hydrogen) atoms. The fraction of sp³-hybridized carbons (Fsp3) is 0.278. The average Bonchev–Trinajstić information content (AvgIpc) is 2.53. The zero-order chi connectivity index (χ0) is 19.3. The van der Waals surface area contributed by atoms with Crippen LogP contribution in [0.4, 0.5) is 11.4 Å². The van der Waals surface area contributed by atoms with Crippen LogP contribution >= 0.6 is 0 Å². The Labute approximate surface area is 153 Å². The van der Waals surface area contributed by atoms with Gasteiger partial charge in [0.2, 0.25) is 5.91 Å². The highest BCUT2D eigenvalue weighted by molar-refractivity contribution is 7.92. The third-order valence-electron chi connectivity index (χ3n) is 3.25. The van der Waals surface area contributed by atoms with Crippen LogP contribution in [0, 0.1) is 0 Å². The molecule has 140 valence electrons. The van der Waals surface area contributed by atoms with Crippen LogP contribution in [0.25, 0.3) is 0 Å². The molecule has 0 fully saturated rings.